The quantitative estimate of drug-likeness (QED) is 0.929. The van der Waals surface area contributed by atoms with Crippen molar-refractivity contribution < 1.29 is 4.74 Å². The first-order valence-corrected chi connectivity index (χ1v) is 6.07. The summed E-state index contributed by atoms with van der Waals surface area (Å²) in [6.07, 6.45) is 0. The van der Waals surface area contributed by atoms with E-state index in [9.17, 15) is 0 Å². The third-order valence-corrected chi connectivity index (χ3v) is 3.22. The number of anilines is 1. The molecule has 88 valence electrons. The third-order valence-electron chi connectivity index (χ3n) is 2.33. The number of benzene rings is 1. The summed E-state index contributed by atoms with van der Waals surface area (Å²) in [6.45, 7) is 2.02. The van der Waals surface area contributed by atoms with Crippen LogP contribution >= 0.6 is 15.9 Å². The Labute approximate surface area is 109 Å². The van der Waals surface area contributed by atoms with Crippen molar-refractivity contribution in [2.75, 3.05) is 12.4 Å². The van der Waals surface area contributed by atoms with Gasteiger partial charge in [0, 0.05) is 17.6 Å². The van der Waals surface area contributed by atoms with Crippen LogP contribution in [0.3, 0.4) is 0 Å². The standard InChI is InChI=1S/C13H13BrN2O/c1-9-8-10(6-7-11(9)14)17-13-5-3-4-12(15-2)16-13/h3-8H,1-2H3,(H,15,16). The molecule has 0 atom stereocenters. The highest BCUT2D eigenvalue weighted by atomic mass is 79.9. The molecule has 0 radical (unpaired) electrons. The van der Waals surface area contributed by atoms with Crippen LogP contribution < -0.4 is 10.1 Å². The zero-order valence-corrected chi connectivity index (χ0v) is 11.3. The lowest BCUT2D eigenvalue weighted by Gasteiger charge is -2.07. The van der Waals surface area contributed by atoms with Gasteiger partial charge in [0.05, 0.1) is 0 Å². The predicted molar refractivity (Wildman–Crippen MR) is 72.7 cm³/mol. The van der Waals surface area contributed by atoms with E-state index in [0.29, 0.717) is 5.88 Å². The topological polar surface area (TPSA) is 34.1 Å². The summed E-state index contributed by atoms with van der Waals surface area (Å²) in [4.78, 5) is 4.29. The van der Waals surface area contributed by atoms with E-state index in [4.69, 9.17) is 4.74 Å². The highest BCUT2D eigenvalue weighted by Crippen LogP contribution is 2.25. The van der Waals surface area contributed by atoms with Gasteiger partial charge in [-0.1, -0.05) is 22.0 Å². The maximum atomic E-state index is 5.68. The number of halogens is 1. The maximum Gasteiger partial charge on any atom is 0.221 e. The van der Waals surface area contributed by atoms with Crippen LogP contribution in [-0.4, -0.2) is 12.0 Å². The van der Waals surface area contributed by atoms with Gasteiger partial charge in [-0.05, 0) is 36.8 Å². The molecule has 0 saturated heterocycles. The van der Waals surface area contributed by atoms with Gasteiger partial charge in [0.2, 0.25) is 5.88 Å². The number of hydrogen-bond donors (Lipinski definition) is 1. The Morgan fingerprint density at radius 1 is 1.24 bits per heavy atom. The SMILES string of the molecule is CNc1cccc(Oc2ccc(Br)c(C)c2)n1. The molecule has 0 saturated carbocycles. The molecule has 0 bridgehead atoms. The largest absolute Gasteiger partial charge is 0.439 e. The smallest absolute Gasteiger partial charge is 0.221 e. The molecule has 17 heavy (non-hydrogen) atoms. The van der Waals surface area contributed by atoms with Gasteiger partial charge in [-0.3, -0.25) is 0 Å². The van der Waals surface area contributed by atoms with E-state index in [1.54, 1.807) is 0 Å². The van der Waals surface area contributed by atoms with Crippen LogP contribution in [0.25, 0.3) is 0 Å². The summed E-state index contributed by atoms with van der Waals surface area (Å²) >= 11 is 3.46. The van der Waals surface area contributed by atoms with Crippen molar-refractivity contribution in [3.05, 3.63) is 46.4 Å². The van der Waals surface area contributed by atoms with E-state index < -0.39 is 0 Å². The second-order valence-electron chi connectivity index (χ2n) is 3.62. The molecule has 1 N–H and O–H groups in total. The molecule has 2 aromatic rings. The Kier molecular flexibility index (Phi) is 3.64. The van der Waals surface area contributed by atoms with Crippen molar-refractivity contribution in [2.24, 2.45) is 0 Å². The van der Waals surface area contributed by atoms with Crippen LogP contribution in [0.4, 0.5) is 5.82 Å². The van der Waals surface area contributed by atoms with E-state index in [-0.39, 0.29) is 0 Å². The second kappa shape index (κ2) is 5.19. The van der Waals surface area contributed by atoms with Gasteiger partial charge in [0.15, 0.2) is 0 Å². The Morgan fingerprint density at radius 3 is 2.76 bits per heavy atom. The summed E-state index contributed by atoms with van der Waals surface area (Å²) in [5.74, 6) is 2.15. The van der Waals surface area contributed by atoms with Gasteiger partial charge in [0.25, 0.3) is 0 Å². The van der Waals surface area contributed by atoms with Gasteiger partial charge in [-0.15, -0.1) is 0 Å². The number of aryl methyl sites for hydroxylation is 1. The number of rotatable bonds is 3. The Morgan fingerprint density at radius 2 is 2.06 bits per heavy atom. The van der Waals surface area contributed by atoms with Gasteiger partial charge >= 0.3 is 0 Å². The first-order valence-electron chi connectivity index (χ1n) is 5.28. The van der Waals surface area contributed by atoms with Crippen LogP contribution in [-0.2, 0) is 0 Å². The molecule has 0 aliphatic carbocycles. The van der Waals surface area contributed by atoms with E-state index in [0.717, 1.165) is 21.6 Å². The third kappa shape index (κ3) is 2.97. The lowest BCUT2D eigenvalue weighted by Crippen LogP contribution is -1.94. The lowest BCUT2D eigenvalue weighted by molar-refractivity contribution is 0.463. The second-order valence-corrected chi connectivity index (χ2v) is 4.48. The minimum atomic E-state index is 0.582. The fraction of sp³-hybridized carbons (Fsp3) is 0.154. The van der Waals surface area contributed by atoms with Crippen LogP contribution in [0.5, 0.6) is 11.6 Å². The molecule has 1 aromatic carbocycles. The molecular formula is C13H13BrN2O. The Bertz CT molecular complexity index is 529. The number of hydrogen-bond acceptors (Lipinski definition) is 3. The molecule has 1 aromatic heterocycles. The minimum absolute atomic E-state index is 0.582. The van der Waals surface area contributed by atoms with Gasteiger partial charge in [-0.2, -0.15) is 4.98 Å². The average molecular weight is 293 g/mol. The number of nitrogens with zero attached hydrogens (tertiary/aromatic N) is 1. The molecule has 1 heterocycles. The van der Waals surface area contributed by atoms with Crippen LogP contribution in [0, 0.1) is 6.92 Å². The van der Waals surface area contributed by atoms with Crippen molar-refractivity contribution >= 4 is 21.7 Å². The molecular weight excluding hydrogens is 280 g/mol. The molecule has 0 aliphatic heterocycles. The van der Waals surface area contributed by atoms with E-state index in [1.807, 2.05) is 50.4 Å². The number of nitrogens with one attached hydrogen (secondary N) is 1. The predicted octanol–water partition coefficient (Wildman–Crippen LogP) is 3.99. The van der Waals surface area contributed by atoms with Crippen molar-refractivity contribution in [1.82, 2.24) is 4.98 Å². The lowest BCUT2D eigenvalue weighted by atomic mass is 10.2. The molecule has 0 aliphatic rings. The van der Waals surface area contributed by atoms with E-state index in [1.165, 1.54) is 0 Å². The molecule has 3 nitrogen and oxygen atoms in total. The van der Waals surface area contributed by atoms with Gasteiger partial charge < -0.3 is 10.1 Å². The summed E-state index contributed by atoms with van der Waals surface area (Å²) in [5, 5.41) is 2.98. The van der Waals surface area contributed by atoms with Crippen molar-refractivity contribution in [2.45, 2.75) is 6.92 Å². The summed E-state index contributed by atoms with van der Waals surface area (Å²) < 4.78 is 6.76. The highest BCUT2D eigenvalue weighted by molar-refractivity contribution is 9.10. The molecule has 0 unspecified atom stereocenters. The minimum Gasteiger partial charge on any atom is -0.439 e. The number of pyridine rings is 1. The van der Waals surface area contributed by atoms with Gasteiger partial charge in [-0.25, -0.2) is 0 Å². The first kappa shape index (κ1) is 11.9. The number of ether oxygens (including phenoxy) is 1. The van der Waals surface area contributed by atoms with Crippen molar-refractivity contribution in [3.8, 4) is 11.6 Å². The summed E-state index contributed by atoms with van der Waals surface area (Å²) in [6, 6.07) is 11.5. The van der Waals surface area contributed by atoms with Crippen LogP contribution in [0.2, 0.25) is 0 Å². The average Bonchev–Trinajstić information content (AvgIpc) is 2.34. The maximum absolute atomic E-state index is 5.68. The summed E-state index contributed by atoms with van der Waals surface area (Å²) in [5.41, 5.74) is 1.13. The van der Waals surface area contributed by atoms with E-state index in [2.05, 4.69) is 26.2 Å². The molecule has 0 spiro atoms. The van der Waals surface area contributed by atoms with Crippen molar-refractivity contribution in [1.29, 1.82) is 0 Å². The highest BCUT2D eigenvalue weighted by Gasteiger charge is 2.01. The van der Waals surface area contributed by atoms with E-state index >= 15 is 0 Å². The molecule has 4 heteroatoms. The normalized spacial score (nSPS) is 10.1. The molecule has 0 fully saturated rings. The Hall–Kier alpha value is -1.55. The van der Waals surface area contributed by atoms with Crippen molar-refractivity contribution in [3.63, 3.8) is 0 Å². The van der Waals surface area contributed by atoms with Crippen LogP contribution in [0.15, 0.2) is 40.9 Å². The summed E-state index contributed by atoms with van der Waals surface area (Å²) in [7, 11) is 1.83. The zero-order chi connectivity index (χ0) is 12.3. The fourth-order valence-electron chi connectivity index (χ4n) is 1.41. The van der Waals surface area contributed by atoms with Gasteiger partial charge in [0.1, 0.15) is 11.6 Å². The van der Waals surface area contributed by atoms with Crippen LogP contribution in [0.1, 0.15) is 5.56 Å². The Balaban J connectivity index is 2.22. The zero-order valence-electron chi connectivity index (χ0n) is 9.70. The fourth-order valence-corrected chi connectivity index (χ4v) is 1.66. The first-order chi connectivity index (χ1) is 8.19. The molecule has 0 amide bonds. The molecule has 2 rings (SSSR count). The monoisotopic (exact) mass is 292 g/mol. The number of aromatic nitrogens is 1.